The Balaban J connectivity index is 3.15. The van der Waals surface area contributed by atoms with E-state index in [0.29, 0.717) is 5.75 Å². The molecule has 1 rings (SSSR count). The molecule has 0 aliphatic heterocycles. The predicted octanol–water partition coefficient (Wildman–Crippen LogP) is 2.60. The zero-order valence-electron chi connectivity index (χ0n) is 9.76. The summed E-state index contributed by atoms with van der Waals surface area (Å²) < 4.78 is 1.88. The van der Waals surface area contributed by atoms with Crippen LogP contribution in [0.25, 0.3) is 0 Å². The molecule has 1 aromatic rings. The summed E-state index contributed by atoms with van der Waals surface area (Å²) in [4.78, 5) is 0. The van der Waals surface area contributed by atoms with Gasteiger partial charge in [0.25, 0.3) is 0 Å². The molecule has 0 unspecified atom stereocenters. The van der Waals surface area contributed by atoms with Gasteiger partial charge in [-0.25, -0.2) is 0 Å². The summed E-state index contributed by atoms with van der Waals surface area (Å²) in [5.41, 5.74) is 1.58. The Hall–Kier alpha value is -0.990. The maximum Gasteiger partial charge on any atom is 0.160 e. The van der Waals surface area contributed by atoms with Crippen molar-refractivity contribution in [3.05, 3.63) is 11.4 Å². The molecule has 0 amide bonds. The Morgan fingerprint density at radius 3 is 2.29 bits per heavy atom. The van der Waals surface area contributed by atoms with E-state index in [1.807, 2.05) is 11.6 Å². The van der Waals surface area contributed by atoms with Crippen LogP contribution in [0.4, 0.5) is 0 Å². The van der Waals surface area contributed by atoms with Crippen LogP contribution in [0.2, 0.25) is 0 Å². The Kier molecular flexibility index (Phi) is 2.88. The summed E-state index contributed by atoms with van der Waals surface area (Å²) in [5, 5.41) is 14.3. The molecule has 0 saturated heterocycles. The molecule has 0 radical (unpaired) electrons. The molecule has 0 bridgehead atoms. The molecule has 3 nitrogen and oxygen atoms in total. The molecule has 0 aliphatic rings. The van der Waals surface area contributed by atoms with Gasteiger partial charge in [-0.15, -0.1) is 0 Å². The van der Waals surface area contributed by atoms with Crippen molar-refractivity contribution < 1.29 is 5.11 Å². The van der Waals surface area contributed by atoms with Gasteiger partial charge < -0.3 is 5.11 Å². The second-order valence-corrected chi connectivity index (χ2v) is 4.76. The minimum atomic E-state index is -0.0894. The second-order valence-electron chi connectivity index (χ2n) is 4.76. The molecular formula is C11H20N2O. The van der Waals surface area contributed by atoms with Crippen LogP contribution in [0.1, 0.15) is 45.5 Å². The molecule has 1 N–H and O–H groups in total. The van der Waals surface area contributed by atoms with Crippen LogP contribution < -0.4 is 0 Å². The van der Waals surface area contributed by atoms with Gasteiger partial charge in [-0.2, -0.15) is 5.10 Å². The van der Waals surface area contributed by atoms with Crippen molar-refractivity contribution in [2.45, 2.75) is 53.0 Å². The average Bonchev–Trinajstić information content (AvgIpc) is 2.32. The van der Waals surface area contributed by atoms with Crippen molar-refractivity contribution in [2.75, 3.05) is 0 Å². The molecule has 0 saturated carbocycles. The number of nitrogens with zero attached hydrogens (tertiary/aromatic N) is 2. The molecule has 80 valence electrons. The number of rotatable bonds is 2. The quantitative estimate of drug-likeness (QED) is 0.789. The monoisotopic (exact) mass is 196 g/mol. The van der Waals surface area contributed by atoms with Crippen molar-refractivity contribution in [1.82, 2.24) is 9.78 Å². The zero-order chi connectivity index (χ0) is 10.9. The van der Waals surface area contributed by atoms with E-state index in [4.69, 9.17) is 0 Å². The van der Waals surface area contributed by atoms with Gasteiger partial charge >= 0.3 is 0 Å². The van der Waals surface area contributed by atoms with Gasteiger partial charge in [0.2, 0.25) is 0 Å². The maximum absolute atomic E-state index is 9.90. The van der Waals surface area contributed by atoms with Crippen LogP contribution in [0.15, 0.2) is 0 Å². The minimum absolute atomic E-state index is 0.0894. The van der Waals surface area contributed by atoms with E-state index in [9.17, 15) is 5.11 Å². The molecule has 0 aliphatic carbocycles. The SMILES string of the molecule is CCCn1nc(C(C)(C)C)c(O)c1C. The van der Waals surface area contributed by atoms with E-state index >= 15 is 0 Å². The number of aryl methyl sites for hydroxylation is 1. The second kappa shape index (κ2) is 3.64. The van der Waals surface area contributed by atoms with Crippen LogP contribution in [-0.4, -0.2) is 14.9 Å². The summed E-state index contributed by atoms with van der Waals surface area (Å²) in [6.45, 7) is 11.1. The average molecular weight is 196 g/mol. The molecule has 0 spiro atoms. The first-order valence-corrected chi connectivity index (χ1v) is 5.14. The number of hydrogen-bond donors (Lipinski definition) is 1. The molecule has 1 aromatic heterocycles. The highest BCUT2D eigenvalue weighted by molar-refractivity contribution is 5.35. The standard InChI is InChI=1S/C11H20N2O/c1-6-7-13-8(2)9(14)10(12-13)11(3,4)5/h14H,6-7H2,1-5H3. The van der Waals surface area contributed by atoms with Crippen LogP contribution >= 0.6 is 0 Å². The fraction of sp³-hybridized carbons (Fsp3) is 0.727. The summed E-state index contributed by atoms with van der Waals surface area (Å²) >= 11 is 0. The lowest BCUT2D eigenvalue weighted by Gasteiger charge is -2.14. The lowest BCUT2D eigenvalue weighted by atomic mass is 9.91. The minimum Gasteiger partial charge on any atom is -0.504 e. The normalized spacial score (nSPS) is 12.1. The third-order valence-electron chi connectivity index (χ3n) is 2.32. The number of aromatic hydroxyl groups is 1. The topological polar surface area (TPSA) is 38.0 Å². The molecule has 0 fully saturated rings. The smallest absolute Gasteiger partial charge is 0.160 e. The van der Waals surface area contributed by atoms with E-state index in [1.165, 1.54) is 0 Å². The third kappa shape index (κ3) is 1.91. The first kappa shape index (κ1) is 11.1. The highest BCUT2D eigenvalue weighted by atomic mass is 16.3. The van der Waals surface area contributed by atoms with Crippen molar-refractivity contribution in [3.8, 4) is 5.75 Å². The Bertz CT molecular complexity index is 321. The first-order valence-electron chi connectivity index (χ1n) is 5.14. The Labute approximate surface area is 85.8 Å². The van der Waals surface area contributed by atoms with Gasteiger partial charge in [-0.1, -0.05) is 27.7 Å². The van der Waals surface area contributed by atoms with Gasteiger partial charge in [0.1, 0.15) is 5.69 Å². The number of aromatic nitrogens is 2. The Morgan fingerprint density at radius 2 is 1.93 bits per heavy atom. The molecule has 0 atom stereocenters. The summed E-state index contributed by atoms with van der Waals surface area (Å²) in [5.74, 6) is 0.353. The van der Waals surface area contributed by atoms with Gasteiger partial charge in [0, 0.05) is 12.0 Å². The fourth-order valence-corrected chi connectivity index (χ4v) is 1.47. The van der Waals surface area contributed by atoms with Gasteiger partial charge in [-0.3, -0.25) is 4.68 Å². The molecule has 14 heavy (non-hydrogen) atoms. The predicted molar refractivity (Wildman–Crippen MR) is 57.6 cm³/mol. The van der Waals surface area contributed by atoms with Gasteiger partial charge in [0.05, 0.1) is 5.69 Å². The molecule has 0 aromatic carbocycles. The van der Waals surface area contributed by atoms with Crippen molar-refractivity contribution in [3.63, 3.8) is 0 Å². The zero-order valence-corrected chi connectivity index (χ0v) is 9.76. The lowest BCUT2D eigenvalue weighted by molar-refractivity contribution is 0.441. The van der Waals surface area contributed by atoms with E-state index in [0.717, 1.165) is 24.4 Å². The largest absolute Gasteiger partial charge is 0.504 e. The first-order chi connectivity index (χ1) is 6.38. The van der Waals surface area contributed by atoms with E-state index in [-0.39, 0.29) is 5.41 Å². The third-order valence-corrected chi connectivity index (χ3v) is 2.32. The van der Waals surface area contributed by atoms with Crippen molar-refractivity contribution >= 4 is 0 Å². The van der Waals surface area contributed by atoms with E-state index < -0.39 is 0 Å². The van der Waals surface area contributed by atoms with E-state index in [1.54, 1.807) is 0 Å². The summed E-state index contributed by atoms with van der Waals surface area (Å²) in [7, 11) is 0. The van der Waals surface area contributed by atoms with E-state index in [2.05, 4.69) is 32.8 Å². The molecular weight excluding hydrogens is 176 g/mol. The van der Waals surface area contributed by atoms with Crippen LogP contribution in [0.5, 0.6) is 5.75 Å². The van der Waals surface area contributed by atoms with Crippen LogP contribution in [0, 0.1) is 6.92 Å². The Morgan fingerprint density at radius 1 is 1.36 bits per heavy atom. The maximum atomic E-state index is 9.90. The van der Waals surface area contributed by atoms with Crippen LogP contribution in [-0.2, 0) is 12.0 Å². The molecule has 1 heterocycles. The van der Waals surface area contributed by atoms with Gasteiger partial charge in [-0.05, 0) is 13.3 Å². The summed E-state index contributed by atoms with van der Waals surface area (Å²) in [6, 6.07) is 0. The van der Waals surface area contributed by atoms with Gasteiger partial charge in [0.15, 0.2) is 5.75 Å². The summed E-state index contributed by atoms with van der Waals surface area (Å²) in [6.07, 6.45) is 1.03. The van der Waals surface area contributed by atoms with Crippen molar-refractivity contribution in [1.29, 1.82) is 0 Å². The highest BCUT2D eigenvalue weighted by Gasteiger charge is 2.24. The van der Waals surface area contributed by atoms with Crippen LogP contribution in [0.3, 0.4) is 0 Å². The highest BCUT2D eigenvalue weighted by Crippen LogP contribution is 2.31. The number of hydrogen-bond acceptors (Lipinski definition) is 2. The van der Waals surface area contributed by atoms with Crippen molar-refractivity contribution in [2.24, 2.45) is 0 Å². The fourth-order valence-electron chi connectivity index (χ4n) is 1.47. The lowest BCUT2D eigenvalue weighted by Crippen LogP contribution is -2.13. The molecule has 3 heteroatoms.